The molecule has 0 radical (unpaired) electrons. The van der Waals surface area contributed by atoms with Crippen LogP contribution in [0, 0.1) is 11.3 Å². The number of phenols is 1. The number of carbonyl (C=O) groups excluding carboxylic acids is 1. The molecule has 2 rings (SSSR count). The summed E-state index contributed by atoms with van der Waals surface area (Å²) < 4.78 is 0. The smallest absolute Gasteiger partial charge is 0.267 e. The van der Waals surface area contributed by atoms with Crippen molar-refractivity contribution in [1.29, 1.82) is 5.26 Å². The van der Waals surface area contributed by atoms with E-state index in [9.17, 15) is 9.90 Å². The first-order valence-corrected chi connectivity index (χ1v) is 7.17. The number of aromatic hydroxyl groups is 1. The maximum atomic E-state index is 12.0. The lowest BCUT2D eigenvalue weighted by molar-refractivity contribution is -0.112. The van der Waals surface area contributed by atoms with Crippen LogP contribution in [-0.4, -0.2) is 17.6 Å². The average Bonchev–Trinajstić information content (AvgIpc) is 2.58. The Morgan fingerprint density at radius 2 is 1.83 bits per heavy atom. The van der Waals surface area contributed by atoms with E-state index in [1.54, 1.807) is 12.1 Å². The number of nitrogens with zero attached hydrogens (tertiary/aromatic N) is 1. The van der Waals surface area contributed by atoms with Crippen molar-refractivity contribution < 1.29 is 9.90 Å². The van der Waals surface area contributed by atoms with Gasteiger partial charge in [-0.25, -0.2) is 0 Å². The van der Waals surface area contributed by atoms with Gasteiger partial charge in [0.25, 0.3) is 5.91 Å². The Balaban J connectivity index is 1.86. The predicted octanol–water partition coefficient (Wildman–Crippen LogP) is 2.57. The van der Waals surface area contributed by atoms with Crippen molar-refractivity contribution in [3.63, 3.8) is 0 Å². The Hall–Kier alpha value is -3.26. The molecule has 2 aromatic rings. The van der Waals surface area contributed by atoms with E-state index in [4.69, 9.17) is 5.26 Å². The van der Waals surface area contributed by atoms with Gasteiger partial charge in [-0.1, -0.05) is 30.3 Å². The number of amides is 1. The van der Waals surface area contributed by atoms with Gasteiger partial charge < -0.3 is 15.7 Å². The van der Waals surface area contributed by atoms with Gasteiger partial charge in [0.05, 0.1) is 0 Å². The Kier molecular flexibility index (Phi) is 5.78. The second kappa shape index (κ2) is 8.25. The molecule has 2 aromatic carbocycles. The quantitative estimate of drug-likeness (QED) is 0.331. The maximum absolute atomic E-state index is 12.0. The van der Waals surface area contributed by atoms with E-state index in [0.29, 0.717) is 12.2 Å². The van der Waals surface area contributed by atoms with Crippen molar-refractivity contribution in [3.8, 4) is 11.8 Å². The number of rotatable bonds is 6. The van der Waals surface area contributed by atoms with Crippen molar-refractivity contribution in [1.82, 2.24) is 5.32 Å². The van der Waals surface area contributed by atoms with Crippen molar-refractivity contribution in [3.05, 3.63) is 71.9 Å². The van der Waals surface area contributed by atoms with Gasteiger partial charge in [0.15, 0.2) is 0 Å². The summed E-state index contributed by atoms with van der Waals surface area (Å²) in [6, 6.07) is 17.9. The number of nitrogens with one attached hydrogen (secondary N) is 2. The Bertz CT molecular complexity index is 716. The molecule has 0 atom stereocenters. The molecular weight excluding hydrogens is 290 g/mol. The summed E-state index contributed by atoms with van der Waals surface area (Å²) in [4.78, 5) is 12.0. The monoisotopic (exact) mass is 307 g/mol. The lowest BCUT2D eigenvalue weighted by Gasteiger charge is -2.05. The zero-order valence-electron chi connectivity index (χ0n) is 12.5. The highest BCUT2D eigenvalue weighted by Crippen LogP contribution is 2.14. The van der Waals surface area contributed by atoms with Crippen LogP contribution in [-0.2, 0) is 11.2 Å². The topological polar surface area (TPSA) is 85.2 Å². The molecule has 23 heavy (non-hydrogen) atoms. The van der Waals surface area contributed by atoms with Crippen molar-refractivity contribution in [2.75, 3.05) is 11.9 Å². The van der Waals surface area contributed by atoms with Gasteiger partial charge in [-0.2, -0.15) is 5.26 Å². The highest BCUT2D eigenvalue weighted by atomic mass is 16.3. The molecule has 0 fully saturated rings. The fourth-order valence-corrected chi connectivity index (χ4v) is 1.93. The largest absolute Gasteiger partial charge is 0.508 e. The van der Waals surface area contributed by atoms with E-state index in [1.165, 1.54) is 23.9 Å². The molecule has 5 nitrogen and oxygen atoms in total. The lowest BCUT2D eigenvalue weighted by Crippen LogP contribution is -2.17. The molecule has 3 N–H and O–H groups in total. The van der Waals surface area contributed by atoms with Gasteiger partial charge >= 0.3 is 0 Å². The van der Waals surface area contributed by atoms with Crippen LogP contribution in [0.3, 0.4) is 0 Å². The van der Waals surface area contributed by atoms with Gasteiger partial charge in [0.2, 0.25) is 0 Å². The summed E-state index contributed by atoms with van der Waals surface area (Å²) in [7, 11) is 0. The summed E-state index contributed by atoms with van der Waals surface area (Å²) in [5.41, 5.74) is 1.69. The second-order valence-electron chi connectivity index (χ2n) is 4.86. The summed E-state index contributed by atoms with van der Waals surface area (Å²) >= 11 is 0. The normalized spacial score (nSPS) is 10.7. The van der Waals surface area contributed by atoms with Crippen LogP contribution >= 0.6 is 0 Å². The fraction of sp³-hybridized carbons (Fsp3) is 0.111. The molecule has 0 bridgehead atoms. The average molecular weight is 307 g/mol. The van der Waals surface area contributed by atoms with Crippen LogP contribution in [0.15, 0.2) is 66.4 Å². The van der Waals surface area contributed by atoms with Gasteiger partial charge in [0.1, 0.15) is 17.4 Å². The number of hydrogen-bond acceptors (Lipinski definition) is 4. The molecule has 0 aliphatic carbocycles. The number of benzene rings is 2. The van der Waals surface area contributed by atoms with Crippen LogP contribution in [0.2, 0.25) is 0 Å². The summed E-state index contributed by atoms with van der Waals surface area (Å²) in [6.45, 7) is 0.627. The third-order valence-corrected chi connectivity index (χ3v) is 3.14. The first-order chi connectivity index (χ1) is 11.2. The van der Waals surface area contributed by atoms with Crippen LogP contribution < -0.4 is 10.6 Å². The molecule has 1 amide bonds. The number of nitriles is 1. The molecule has 0 saturated carbocycles. The van der Waals surface area contributed by atoms with Gasteiger partial charge in [0, 0.05) is 18.4 Å². The van der Waals surface area contributed by atoms with Crippen molar-refractivity contribution >= 4 is 11.6 Å². The molecule has 5 heteroatoms. The van der Waals surface area contributed by atoms with E-state index in [1.807, 2.05) is 36.4 Å². The minimum atomic E-state index is -0.495. The fourth-order valence-electron chi connectivity index (χ4n) is 1.93. The number of hydrogen-bond donors (Lipinski definition) is 3. The predicted molar refractivity (Wildman–Crippen MR) is 88.6 cm³/mol. The first kappa shape index (κ1) is 16.1. The highest BCUT2D eigenvalue weighted by Gasteiger charge is 2.08. The standard InChI is InChI=1S/C18H17N3O2/c19-12-15(13-20-11-10-14-4-2-1-3-5-14)18(23)21-16-6-8-17(22)9-7-16/h1-9,13,20,22H,10-11H2,(H,21,23)/b15-13-. The third kappa shape index (κ3) is 5.21. The molecule has 0 aliphatic rings. The van der Waals surface area contributed by atoms with E-state index >= 15 is 0 Å². The molecule has 0 aromatic heterocycles. The summed E-state index contributed by atoms with van der Waals surface area (Å²) in [5, 5.41) is 23.8. The molecule has 0 heterocycles. The Morgan fingerprint density at radius 1 is 1.13 bits per heavy atom. The zero-order chi connectivity index (χ0) is 16.5. The van der Waals surface area contributed by atoms with E-state index < -0.39 is 5.91 Å². The number of carbonyl (C=O) groups is 1. The molecule has 0 unspecified atom stereocenters. The highest BCUT2D eigenvalue weighted by molar-refractivity contribution is 6.06. The molecule has 0 saturated heterocycles. The van der Waals surface area contributed by atoms with E-state index in [-0.39, 0.29) is 11.3 Å². The first-order valence-electron chi connectivity index (χ1n) is 7.17. The lowest BCUT2D eigenvalue weighted by atomic mass is 10.1. The Morgan fingerprint density at radius 3 is 2.48 bits per heavy atom. The van der Waals surface area contributed by atoms with Crippen LogP contribution in [0.25, 0.3) is 0 Å². The van der Waals surface area contributed by atoms with Gasteiger partial charge in [-0.05, 0) is 36.2 Å². The van der Waals surface area contributed by atoms with Crippen LogP contribution in [0.4, 0.5) is 5.69 Å². The minimum Gasteiger partial charge on any atom is -0.508 e. The third-order valence-electron chi connectivity index (χ3n) is 3.14. The van der Waals surface area contributed by atoms with Crippen LogP contribution in [0.1, 0.15) is 5.56 Å². The Labute approximate surface area is 134 Å². The van der Waals surface area contributed by atoms with E-state index in [2.05, 4.69) is 10.6 Å². The van der Waals surface area contributed by atoms with E-state index in [0.717, 1.165) is 6.42 Å². The maximum Gasteiger partial charge on any atom is 0.267 e. The van der Waals surface area contributed by atoms with Crippen LogP contribution in [0.5, 0.6) is 5.75 Å². The number of phenolic OH excluding ortho intramolecular Hbond substituents is 1. The second-order valence-corrected chi connectivity index (χ2v) is 4.86. The minimum absolute atomic E-state index is 0.00821. The van der Waals surface area contributed by atoms with Gasteiger partial charge in [-0.3, -0.25) is 4.79 Å². The number of anilines is 1. The van der Waals surface area contributed by atoms with Crippen molar-refractivity contribution in [2.24, 2.45) is 0 Å². The molecule has 0 spiro atoms. The summed E-state index contributed by atoms with van der Waals surface area (Å²) in [5.74, 6) is -0.382. The summed E-state index contributed by atoms with van der Waals surface area (Å²) in [6.07, 6.45) is 2.22. The van der Waals surface area contributed by atoms with Gasteiger partial charge in [-0.15, -0.1) is 0 Å². The molecular formula is C18H17N3O2. The van der Waals surface area contributed by atoms with Crippen molar-refractivity contribution in [2.45, 2.75) is 6.42 Å². The zero-order valence-corrected chi connectivity index (χ0v) is 12.5. The SMILES string of the molecule is N#C/C(=C/NCCc1ccccc1)C(=O)Nc1ccc(O)cc1. The molecule has 116 valence electrons. The molecule has 0 aliphatic heterocycles.